The molecular formula is C20H19ClN4O. The van der Waals surface area contributed by atoms with Crippen LogP contribution in [-0.2, 0) is 0 Å². The molecule has 1 amide bonds. The second kappa shape index (κ2) is 7.54. The molecule has 3 rings (SSSR count). The third-order valence-corrected chi connectivity index (χ3v) is 4.17. The maximum Gasteiger partial charge on any atom is 0.274 e. The van der Waals surface area contributed by atoms with E-state index in [1.165, 1.54) is 5.56 Å². The Morgan fingerprint density at radius 3 is 2.46 bits per heavy atom. The molecule has 0 aliphatic heterocycles. The molecule has 0 fully saturated rings. The van der Waals surface area contributed by atoms with Gasteiger partial charge >= 0.3 is 0 Å². The first-order valence-corrected chi connectivity index (χ1v) is 8.55. The minimum absolute atomic E-state index is 0.284. The highest BCUT2D eigenvalue weighted by Gasteiger charge is 2.12. The molecule has 132 valence electrons. The Bertz CT molecular complexity index is 972. The highest BCUT2D eigenvalue weighted by atomic mass is 35.5. The van der Waals surface area contributed by atoms with Gasteiger partial charge in [0.05, 0.1) is 0 Å². The first-order valence-electron chi connectivity index (χ1n) is 8.17. The van der Waals surface area contributed by atoms with Crippen molar-refractivity contribution in [2.75, 3.05) is 10.6 Å². The highest BCUT2D eigenvalue weighted by molar-refractivity contribution is 6.30. The van der Waals surface area contributed by atoms with Gasteiger partial charge in [-0.2, -0.15) is 0 Å². The normalized spacial score (nSPS) is 10.5. The lowest BCUT2D eigenvalue weighted by molar-refractivity contribution is 0.102. The van der Waals surface area contributed by atoms with E-state index in [4.69, 9.17) is 11.6 Å². The molecular weight excluding hydrogens is 348 g/mol. The lowest BCUT2D eigenvalue weighted by Gasteiger charge is -2.10. The number of nitrogens with one attached hydrogen (secondary N) is 2. The number of hydrogen-bond donors (Lipinski definition) is 2. The molecule has 0 saturated heterocycles. The molecule has 2 aromatic carbocycles. The number of aryl methyl sites for hydroxylation is 3. The summed E-state index contributed by atoms with van der Waals surface area (Å²) in [6.45, 7) is 5.85. The van der Waals surface area contributed by atoms with Crippen molar-refractivity contribution < 1.29 is 4.79 Å². The Balaban J connectivity index is 1.82. The predicted octanol–water partition coefficient (Wildman–Crippen LogP) is 5.05. The Kier molecular flexibility index (Phi) is 5.19. The quantitative estimate of drug-likeness (QED) is 0.678. The maximum atomic E-state index is 12.6. The van der Waals surface area contributed by atoms with Crippen LogP contribution in [0, 0.1) is 20.8 Å². The van der Waals surface area contributed by atoms with Gasteiger partial charge in [-0.1, -0.05) is 23.7 Å². The van der Waals surface area contributed by atoms with Gasteiger partial charge in [-0.3, -0.25) is 4.79 Å². The van der Waals surface area contributed by atoms with Gasteiger partial charge < -0.3 is 10.6 Å². The summed E-state index contributed by atoms with van der Waals surface area (Å²) in [5.74, 6) is 0.0606. The average molecular weight is 367 g/mol. The zero-order valence-electron chi connectivity index (χ0n) is 14.8. The van der Waals surface area contributed by atoms with Crippen molar-refractivity contribution >= 4 is 34.8 Å². The molecule has 6 heteroatoms. The SMILES string of the molecule is Cc1cc(C(=O)Nc2ccc(C)c(C)c2)nc(Nc2cccc(Cl)c2)n1. The first kappa shape index (κ1) is 17.9. The van der Waals surface area contributed by atoms with Crippen LogP contribution >= 0.6 is 11.6 Å². The molecule has 0 spiro atoms. The topological polar surface area (TPSA) is 66.9 Å². The fourth-order valence-corrected chi connectivity index (χ4v) is 2.64. The molecule has 0 aliphatic carbocycles. The fourth-order valence-electron chi connectivity index (χ4n) is 2.45. The van der Waals surface area contributed by atoms with E-state index in [1.807, 2.05) is 51.1 Å². The summed E-state index contributed by atoms with van der Waals surface area (Å²) >= 11 is 5.99. The molecule has 1 aromatic heterocycles. The molecule has 0 radical (unpaired) electrons. The number of amides is 1. The number of aromatic nitrogens is 2. The van der Waals surface area contributed by atoms with E-state index in [0.717, 1.165) is 16.9 Å². The highest BCUT2D eigenvalue weighted by Crippen LogP contribution is 2.19. The predicted molar refractivity (Wildman–Crippen MR) is 105 cm³/mol. The van der Waals surface area contributed by atoms with Crippen LogP contribution in [0.4, 0.5) is 17.3 Å². The minimum atomic E-state index is -0.284. The van der Waals surface area contributed by atoms with Crippen LogP contribution in [0.5, 0.6) is 0 Å². The molecule has 0 aliphatic rings. The van der Waals surface area contributed by atoms with E-state index >= 15 is 0 Å². The monoisotopic (exact) mass is 366 g/mol. The van der Waals surface area contributed by atoms with E-state index in [2.05, 4.69) is 20.6 Å². The van der Waals surface area contributed by atoms with Gasteiger partial charge in [-0.15, -0.1) is 0 Å². The van der Waals surface area contributed by atoms with Gasteiger partial charge in [0.25, 0.3) is 5.91 Å². The van der Waals surface area contributed by atoms with Crippen molar-refractivity contribution in [3.8, 4) is 0 Å². The van der Waals surface area contributed by atoms with Crippen LogP contribution in [0.1, 0.15) is 27.3 Å². The molecule has 0 atom stereocenters. The lowest BCUT2D eigenvalue weighted by Crippen LogP contribution is -2.15. The zero-order chi connectivity index (χ0) is 18.7. The van der Waals surface area contributed by atoms with Crippen LogP contribution < -0.4 is 10.6 Å². The average Bonchev–Trinajstić information content (AvgIpc) is 2.57. The molecule has 0 saturated carbocycles. The Morgan fingerprint density at radius 1 is 0.923 bits per heavy atom. The number of halogens is 1. The molecule has 0 unspecified atom stereocenters. The number of carbonyl (C=O) groups excluding carboxylic acids is 1. The largest absolute Gasteiger partial charge is 0.324 e. The summed E-state index contributed by atoms with van der Waals surface area (Å²) in [4.78, 5) is 21.2. The van der Waals surface area contributed by atoms with Crippen LogP contribution in [0.25, 0.3) is 0 Å². The Morgan fingerprint density at radius 2 is 1.73 bits per heavy atom. The maximum absolute atomic E-state index is 12.6. The van der Waals surface area contributed by atoms with Crippen LogP contribution in [0.3, 0.4) is 0 Å². The van der Waals surface area contributed by atoms with Crippen molar-refractivity contribution in [3.63, 3.8) is 0 Å². The van der Waals surface area contributed by atoms with Gasteiger partial charge in [0.15, 0.2) is 0 Å². The standard InChI is InChI=1S/C20H19ClN4O/c1-12-7-8-17(9-13(12)2)23-19(26)18-10-14(3)22-20(25-18)24-16-6-4-5-15(21)11-16/h4-11H,1-3H3,(H,23,26)(H,22,24,25). The minimum Gasteiger partial charge on any atom is -0.324 e. The summed E-state index contributed by atoms with van der Waals surface area (Å²) < 4.78 is 0. The van der Waals surface area contributed by atoms with E-state index < -0.39 is 0 Å². The number of rotatable bonds is 4. The van der Waals surface area contributed by atoms with Crippen molar-refractivity contribution in [2.24, 2.45) is 0 Å². The van der Waals surface area contributed by atoms with E-state index in [1.54, 1.807) is 18.2 Å². The number of carbonyl (C=O) groups is 1. The number of nitrogens with zero attached hydrogens (tertiary/aromatic N) is 2. The van der Waals surface area contributed by atoms with Crippen molar-refractivity contribution in [1.82, 2.24) is 9.97 Å². The van der Waals surface area contributed by atoms with Crippen molar-refractivity contribution in [2.45, 2.75) is 20.8 Å². The molecule has 3 aromatic rings. The van der Waals surface area contributed by atoms with E-state index in [0.29, 0.717) is 22.4 Å². The lowest BCUT2D eigenvalue weighted by atomic mass is 10.1. The number of hydrogen-bond acceptors (Lipinski definition) is 4. The van der Waals surface area contributed by atoms with Gasteiger partial charge in [0, 0.05) is 22.1 Å². The molecule has 26 heavy (non-hydrogen) atoms. The fraction of sp³-hybridized carbons (Fsp3) is 0.150. The van der Waals surface area contributed by atoms with Gasteiger partial charge in [-0.25, -0.2) is 9.97 Å². The summed E-state index contributed by atoms with van der Waals surface area (Å²) in [5.41, 5.74) is 4.76. The Labute approximate surface area is 157 Å². The number of benzene rings is 2. The van der Waals surface area contributed by atoms with Crippen molar-refractivity contribution in [3.05, 3.63) is 76.1 Å². The molecule has 2 N–H and O–H groups in total. The van der Waals surface area contributed by atoms with Gasteiger partial charge in [-0.05, 0) is 68.3 Å². The summed E-state index contributed by atoms with van der Waals surface area (Å²) in [6, 6.07) is 14.7. The third-order valence-electron chi connectivity index (χ3n) is 3.93. The van der Waals surface area contributed by atoms with E-state index in [9.17, 15) is 4.79 Å². The second-order valence-electron chi connectivity index (χ2n) is 6.11. The van der Waals surface area contributed by atoms with Gasteiger partial charge in [0.1, 0.15) is 5.69 Å². The first-order chi connectivity index (χ1) is 12.4. The van der Waals surface area contributed by atoms with Crippen LogP contribution in [0.15, 0.2) is 48.5 Å². The summed E-state index contributed by atoms with van der Waals surface area (Å²) in [6.07, 6.45) is 0. The van der Waals surface area contributed by atoms with Crippen molar-refractivity contribution in [1.29, 1.82) is 0 Å². The van der Waals surface area contributed by atoms with Gasteiger partial charge in [0.2, 0.25) is 5.95 Å². The van der Waals surface area contributed by atoms with Crippen LogP contribution in [0.2, 0.25) is 5.02 Å². The number of anilines is 3. The van der Waals surface area contributed by atoms with E-state index in [-0.39, 0.29) is 5.91 Å². The third kappa shape index (κ3) is 4.37. The van der Waals surface area contributed by atoms with Crippen LogP contribution in [-0.4, -0.2) is 15.9 Å². The Hall–Kier alpha value is -2.92. The molecule has 0 bridgehead atoms. The second-order valence-corrected chi connectivity index (χ2v) is 6.54. The zero-order valence-corrected chi connectivity index (χ0v) is 15.6. The summed E-state index contributed by atoms with van der Waals surface area (Å²) in [5, 5.41) is 6.56. The smallest absolute Gasteiger partial charge is 0.274 e. The molecule has 1 heterocycles. The molecule has 5 nitrogen and oxygen atoms in total. The summed E-state index contributed by atoms with van der Waals surface area (Å²) in [7, 11) is 0.